The van der Waals surface area contributed by atoms with Crippen LogP contribution in [0, 0.1) is 16.0 Å². The number of allylic oxidation sites excluding steroid dienone is 2. The van der Waals surface area contributed by atoms with Crippen molar-refractivity contribution in [2.75, 3.05) is 11.9 Å². The molecule has 1 aliphatic rings. The minimum atomic E-state index is -0.364. The molecule has 1 atom stereocenters. The van der Waals surface area contributed by atoms with Crippen LogP contribution in [0.2, 0.25) is 0 Å². The second-order valence-electron chi connectivity index (χ2n) is 5.44. The van der Waals surface area contributed by atoms with Crippen LogP contribution >= 0.6 is 0 Å². The van der Waals surface area contributed by atoms with Crippen molar-refractivity contribution in [3.05, 3.63) is 94.7 Å². The van der Waals surface area contributed by atoms with Crippen molar-refractivity contribution in [3.8, 4) is 0 Å². The van der Waals surface area contributed by atoms with Gasteiger partial charge in [0.1, 0.15) is 0 Å². The number of aliphatic imine (C=N–C) groups is 1. The van der Waals surface area contributed by atoms with Crippen molar-refractivity contribution in [3.63, 3.8) is 0 Å². The Kier molecular flexibility index (Phi) is 4.81. The summed E-state index contributed by atoms with van der Waals surface area (Å²) in [6.45, 7) is -0.185. The van der Waals surface area contributed by atoms with Crippen LogP contribution in [0.25, 0.3) is 0 Å². The SMILES string of the molecule is O=[N+]([O-])CC1C=C(Nc2ccccc2)C=CC1=Nc1ccccc1. The first-order valence-electron chi connectivity index (χ1n) is 7.68. The molecule has 0 aromatic heterocycles. The number of hydrogen-bond acceptors (Lipinski definition) is 4. The Balaban J connectivity index is 1.84. The highest BCUT2D eigenvalue weighted by Crippen LogP contribution is 2.21. The van der Waals surface area contributed by atoms with Gasteiger partial charge in [0.2, 0.25) is 6.54 Å². The molecule has 0 amide bonds. The van der Waals surface area contributed by atoms with E-state index >= 15 is 0 Å². The molecule has 0 spiro atoms. The normalized spacial score (nSPS) is 18.2. The van der Waals surface area contributed by atoms with Gasteiger partial charge in [0.15, 0.2) is 0 Å². The Bertz CT molecular complexity index is 796. The Morgan fingerprint density at radius 3 is 2.33 bits per heavy atom. The molecular formula is C19H17N3O2. The average Bonchev–Trinajstić information content (AvgIpc) is 2.59. The highest BCUT2D eigenvalue weighted by molar-refractivity contribution is 6.01. The quantitative estimate of drug-likeness (QED) is 0.663. The lowest BCUT2D eigenvalue weighted by atomic mass is 9.96. The molecular weight excluding hydrogens is 302 g/mol. The Labute approximate surface area is 140 Å². The van der Waals surface area contributed by atoms with E-state index in [1.807, 2.05) is 78.9 Å². The van der Waals surface area contributed by atoms with Crippen molar-refractivity contribution < 1.29 is 4.92 Å². The number of benzene rings is 2. The number of nitrogens with one attached hydrogen (secondary N) is 1. The van der Waals surface area contributed by atoms with E-state index in [0.717, 1.165) is 17.1 Å². The van der Waals surface area contributed by atoms with E-state index in [2.05, 4.69) is 10.3 Å². The van der Waals surface area contributed by atoms with Gasteiger partial charge in [-0.15, -0.1) is 0 Å². The van der Waals surface area contributed by atoms with Crippen LogP contribution in [0.5, 0.6) is 0 Å². The lowest BCUT2D eigenvalue weighted by molar-refractivity contribution is -0.482. The summed E-state index contributed by atoms with van der Waals surface area (Å²) >= 11 is 0. The first kappa shape index (κ1) is 15.7. The molecule has 0 saturated heterocycles. The fourth-order valence-electron chi connectivity index (χ4n) is 2.51. The fourth-order valence-corrected chi connectivity index (χ4v) is 2.51. The van der Waals surface area contributed by atoms with Crippen molar-refractivity contribution in [2.45, 2.75) is 0 Å². The van der Waals surface area contributed by atoms with Crippen LogP contribution in [-0.2, 0) is 0 Å². The van der Waals surface area contributed by atoms with Crippen molar-refractivity contribution in [2.24, 2.45) is 10.9 Å². The first-order chi connectivity index (χ1) is 11.7. The molecule has 0 saturated carbocycles. The summed E-state index contributed by atoms with van der Waals surface area (Å²) in [6, 6.07) is 19.2. The number of nitro groups is 1. The molecule has 24 heavy (non-hydrogen) atoms. The third-order valence-electron chi connectivity index (χ3n) is 3.62. The molecule has 1 aliphatic carbocycles. The summed E-state index contributed by atoms with van der Waals surface area (Å²) in [4.78, 5) is 15.2. The van der Waals surface area contributed by atoms with E-state index in [9.17, 15) is 10.1 Å². The van der Waals surface area contributed by atoms with Gasteiger partial charge in [-0.25, -0.2) is 0 Å². The summed E-state index contributed by atoms with van der Waals surface area (Å²) in [5.74, 6) is -0.364. The molecule has 1 N–H and O–H groups in total. The zero-order chi connectivity index (χ0) is 16.8. The standard InChI is InChI=1S/C19H17N3O2/c23-22(24)14-15-13-18(20-16-7-3-1-4-8-16)11-12-19(15)21-17-9-5-2-6-10-17/h1-13,15,20H,14H2. The van der Waals surface area contributed by atoms with Gasteiger partial charge in [0.25, 0.3) is 0 Å². The maximum atomic E-state index is 11.0. The zero-order valence-corrected chi connectivity index (χ0v) is 13.0. The summed E-state index contributed by atoms with van der Waals surface area (Å²) in [5, 5.41) is 14.3. The molecule has 0 aliphatic heterocycles. The van der Waals surface area contributed by atoms with E-state index in [1.165, 1.54) is 0 Å². The highest BCUT2D eigenvalue weighted by Gasteiger charge is 2.21. The van der Waals surface area contributed by atoms with Crippen molar-refractivity contribution >= 4 is 17.1 Å². The predicted octanol–water partition coefficient (Wildman–Crippen LogP) is 4.22. The van der Waals surface area contributed by atoms with Crippen LogP contribution in [0.4, 0.5) is 11.4 Å². The largest absolute Gasteiger partial charge is 0.356 e. The van der Waals surface area contributed by atoms with Gasteiger partial charge in [-0.1, -0.05) is 36.4 Å². The van der Waals surface area contributed by atoms with Gasteiger partial charge in [-0.3, -0.25) is 15.1 Å². The van der Waals surface area contributed by atoms with Crippen molar-refractivity contribution in [1.82, 2.24) is 0 Å². The monoisotopic (exact) mass is 319 g/mol. The Morgan fingerprint density at radius 1 is 1.00 bits per heavy atom. The van der Waals surface area contributed by atoms with Crippen LogP contribution in [0.1, 0.15) is 0 Å². The molecule has 120 valence electrons. The van der Waals surface area contributed by atoms with E-state index in [1.54, 1.807) is 0 Å². The Morgan fingerprint density at radius 2 is 1.67 bits per heavy atom. The zero-order valence-electron chi connectivity index (χ0n) is 13.0. The molecule has 0 radical (unpaired) electrons. The van der Waals surface area contributed by atoms with E-state index in [0.29, 0.717) is 5.71 Å². The summed E-state index contributed by atoms with van der Waals surface area (Å²) < 4.78 is 0. The summed E-state index contributed by atoms with van der Waals surface area (Å²) in [7, 11) is 0. The number of para-hydroxylation sites is 2. The molecule has 2 aromatic rings. The van der Waals surface area contributed by atoms with Gasteiger partial charge in [0.05, 0.1) is 17.3 Å². The summed E-state index contributed by atoms with van der Waals surface area (Å²) in [5.41, 5.74) is 3.26. The highest BCUT2D eigenvalue weighted by atomic mass is 16.6. The number of nitrogens with zero attached hydrogens (tertiary/aromatic N) is 2. The third-order valence-corrected chi connectivity index (χ3v) is 3.62. The summed E-state index contributed by atoms with van der Waals surface area (Å²) in [6.07, 6.45) is 5.59. The minimum absolute atomic E-state index is 0.185. The number of anilines is 1. The van der Waals surface area contributed by atoms with Gasteiger partial charge in [0, 0.05) is 16.3 Å². The van der Waals surface area contributed by atoms with Gasteiger partial charge in [-0.2, -0.15) is 0 Å². The maximum absolute atomic E-state index is 11.0. The van der Waals surface area contributed by atoms with E-state index < -0.39 is 0 Å². The van der Waals surface area contributed by atoms with Gasteiger partial charge >= 0.3 is 0 Å². The molecule has 3 rings (SSSR count). The topological polar surface area (TPSA) is 67.5 Å². The number of hydrogen-bond donors (Lipinski definition) is 1. The van der Waals surface area contributed by atoms with Crippen LogP contribution in [0.15, 0.2) is 89.6 Å². The first-order valence-corrected chi connectivity index (χ1v) is 7.68. The second-order valence-corrected chi connectivity index (χ2v) is 5.44. The van der Waals surface area contributed by atoms with Crippen LogP contribution in [0.3, 0.4) is 0 Å². The molecule has 5 nitrogen and oxygen atoms in total. The van der Waals surface area contributed by atoms with Crippen LogP contribution < -0.4 is 5.32 Å². The molecule has 0 bridgehead atoms. The van der Waals surface area contributed by atoms with Crippen LogP contribution in [-0.4, -0.2) is 17.2 Å². The molecule has 0 heterocycles. The van der Waals surface area contributed by atoms with Gasteiger partial charge < -0.3 is 5.32 Å². The third kappa shape index (κ3) is 4.16. The molecule has 5 heteroatoms. The van der Waals surface area contributed by atoms with E-state index in [4.69, 9.17) is 0 Å². The second kappa shape index (κ2) is 7.37. The lowest BCUT2D eigenvalue weighted by Crippen LogP contribution is -2.23. The van der Waals surface area contributed by atoms with E-state index in [-0.39, 0.29) is 17.4 Å². The maximum Gasteiger partial charge on any atom is 0.215 e. The predicted molar refractivity (Wildman–Crippen MR) is 96.2 cm³/mol. The molecule has 2 aromatic carbocycles. The minimum Gasteiger partial charge on any atom is -0.356 e. The van der Waals surface area contributed by atoms with Gasteiger partial charge in [-0.05, 0) is 42.5 Å². The smallest absolute Gasteiger partial charge is 0.215 e. The Hall–Kier alpha value is -3.21. The number of rotatable bonds is 5. The lowest BCUT2D eigenvalue weighted by Gasteiger charge is -2.17. The fraction of sp³-hybridized carbons (Fsp3) is 0.105. The molecule has 1 unspecified atom stereocenters. The van der Waals surface area contributed by atoms with Crippen molar-refractivity contribution in [1.29, 1.82) is 0 Å². The average molecular weight is 319 g/mol. The molecule has 0 fully saturated rings.